The molecule has 1 unspecified atom stereocenters. The molecule has 0 radical (unpaired) electrons. The average molecular weight is 190 g/mol. The van der Waals surface area contributed by atoms with E-state index in [1.165, 1.54) is 6.33 Å². The number of rotatable bonds is 3. The molecular weight excluding hydrogens is 180 g/mol. The Kier molecular flexibility index (Phi) is 2.43. The third kappa shape index (κ3) is 1.80. The molecule has 0 bridgehead atoms. The first-order valence-corrected chi connectivity index (χ1v) is 5.03. The maximum atomic E-state index is 11.0. The minimum Gasteiger partial charge on any atom is -0.262 e. The summed E-state index contributed by atoms with van der Waals surface area (Å²) >= 11 is 0. The molecule has 1 atom stereocenters. The summed E-state index contributed by atoms with van der Waals surface area (Å²) in [6, 6.07) is 0. The van der Waals surface area contributed by atoms with Gasteiger partial charge >= 0.3 is 0 Å². The number of primary sulfonamides is 1. The van der Waals surface area contributed by atoms with Gasteiger partial charge in [-0.15, -0.1) is 0 Å². The predicted octanol–water partition coefficient (Wildman–Crippen LogP) is -0.456. The summed E-state index contributed by atoms with van der Waals surface area (Å²) in [6.07, 6.45) is 1.64. The van der Waals surface area contributed by atoms with Crippen LogP contribution in [0.4, 0.5) is 0 Å². The van der Waals surface area contributed by atoms with Crippen LogP contribution >= 0.6 is 0 Å². The standard InChI is InChI=1S/C5H10N4O2S/c1-2-4(12(6,10)11)5-7-3-8-9-5/h3-4H,2H2,1H3,(H2,6,10,11)(H,7,8,9). The Bertz CT molecular complexity index is 330. The number of nitrogens with one attached hydrogen (secondary N) is 1. The molecule has 0 fully saturated rings. The molecule has 0 saturated carbocycles. The maximum absolute atomic E-state index is 11.0. The first kappa shape index (κ1) is 9.14. The lowest BCUT2D eigenvalue weighted by atomic mass is 10.3. The molecule has 3 N–H and O–H groups in total. The summed E-state index contributed by atoms with van der Waals surface area (Å²) in [4.78, 5) is 3.73. The molecule has 0 amide bonds. The van der Waals surface area contributed by atoms with E-state index < -0.39 is 15.3 Å². The van der Waals surface area contributed by atoms with Crippen LogP contribution in [0.15, 0.2) is 6.33 Å². The zero-order chi connectivity index (χ0) is 9.19. The molecule has 0 aliphatic rings. The van der Waals surface area contributed by atoms with Crippen LogP contribution in [0.5, 0.6) is 0 Å². The van der Waals surface area contributed by atoms with Gasteiger partial charge in [0.25, 0.3) is 0 Å². The lowest BCUT2D eigenvalue weighted by Crippen LogP contribution is -2.22. The van der Waals surface area contributed by atoms with Gasteiger partial charge in [-0.2, -0.15) is 5.10 Å². The van der Waals surface area contributed by atoms with E-state index in [9.17, 15) is 8.42 Å². The molecular formula is C5H10N4O2S. The maximum Gasteiger partial charge on any atom is 0.219 e. The van der Waals surface area contributed by atoms with Gasteiger partial charge in [-0.1, -0.05) is 6.92 Å². The third-order valence-corrected chi connectivity index (χ3v) is 2.86. The summed E-state index contributed by atoms with van der Waals surface area (Å²) in [5, 5.41) is 10.2. The summed E-state index contributed by atoms with van der Waals surface area (Å²) in [5.41, 5.74) is 0. The van der Waals surface area contributed by atoms with Crippen molar-refractivity contribution in [1.82, 2.24) is 15.2 Å². The fraction of sp³-hybridized carbons (Fsp3) is 0.600. The van der Waals surface area contributed by atoms with Crippen LogP contribution in [0.3, 0.4) is 0 Å². The van der Waals surface area contributed by atoms with E-state index in [0.29, 0.717) is 12.2 Å². The average Bonchev–Trinajstić information content (AvgIpc) is 2.38. The van der Waals surface area contributed by atoms with Crippen molar-refractivity contribution in [3.05, 3.63) is 12.2 Å². The molecule has 12 heavy (non-hydrogen) atoms. The summed E-state index contributed by atoms with van der Waals surface area (Å²) in [5.74, 6) is 0.292. The van der Waals surface area contributed by atoms with Crippen LogP contribution in [0.1, 0.15) is 24.4 Å². The molecule has 1 aromatic rings. The highest BCUT2D eigenvalue weighted by Gasteiger charge is 2.23. The van der Waals surface area contributed by atoms with E-state index in [0.717, 1.165) is 0 Å². The van der Waals surface area contributed by atoms with Crippen LogP contribution < -0.4 is 5.14 Å². The fourth-order valence-electron chi connectivity index (χ4n) is 0.951. The van der Waals surface area contributed by atoms with E-state index >= 15 is 0 Å². The van der Waals surface area contributed by atoms with Gasteiger partial charge in [-0.05, 0) is 6.42 Å². The van der Waals surface area contributed by atoms with Crippen LogP contribution in [0.2, 0.25) is 0 Å². The van der Waals surface area contributed by atoms with Crippen molar-refractivity contribution in [3.8, 4) is 0 Å². The number of nitrogens with two attached hydrogens (primary N) is 1. The Labute approximate surface area is 70.2 Å². The zero-order valence-electron chi connectivity index (χ0n) is 6.56. The van der Waals surface area contributed by atoms with E-state index in [2.05, 4.69) is 15.2 Å². The van der Waals surface area contributed by atoms with Crippen molar-refractivity contribution in [2.45, 2.75) is 18.6 Å². The lowest BCUT2D eigenvalue weighted by molar-refractivity contribution is 0.576. The molecule has 0 aliphatic heterocycles. The van der Waals surface area contributed by atoms with Gasteiger partial charge in [0.05, 0.1) is 0 Å². The largest absolute Gasteiger partial charge is 0.262 e. The van der Waals surface area contributed by atoms with Crippen LogP contribution in [0.25, 0.3) is 0 Å². The van der Waals surface area contributed by atoms with Crippen LogP contribution in [-0.4, -0.2) is 23.6 Å². The Morgan fingerprint density at radius 1 is 1.75 bits per heavy atom. The minimum absolute atomic E-state index is 0.292. The van der Waals surface area contributed by atoms with Crippen molar-refractivity contribution in [2.24, 2.45) is 5.14 Å². The Morgan fingerprint density at radius 2 is 2.42 bits per heavy atom. The lowest BCUT2D eigenvalue weighted by Gasteiger charge is -2.07. The fourth-order valence-corrected chi connectivity index (χ4v) is 1.84. The highest BCUT2D eigenvalue weighted by molar-refractivity contribution is 7.89. The van der Waals surface area contributed by atoms with Crippen molar-refractivity contribution >= 4 is 10.0 Å². The molecule has 1 heterocycles. The van der Waals surface area contributed by atoms with Gasteiger partial charge in [0.15, 0.2) is 0 Å². The number of aromatic nitrogens is 3. The van der Waals surface area contributed by atoms with Gasteiger partial charge in [0, 0.05) is 0 Å². The monoisotopic (exact) mass is 190 g/mol. The molecule has 0 saturated heterocycles. The molecule has 6 nitrogen and oxygen atoms in total. The zero-order valence-corrected chi connectivity index (χ0v) is 7.37. The number of nitrogens with zero attached hydrogens (tertiary/aromatic N) is 2. The van der Waals surface area contributed by atoms with Crippen molar-refractivity contribution in [2.75, 3.05) is 0 Å². The summed E-state index contributed by atoms with van der Waals surface area (Å²) in [6.45, 7) is 1.72. The minimum atomic E-state index is -3.57. The Morgan fingerprint density at radius 3 is 2.75 bits per heavy atom. The summed E-state index contributed by atoms with van der Waals surface area (Å²) < 4.78 is 21.9. The first-order valence-electron chi connectivity index (χ1n) is 3.42. The highest BCUT2D eigenvalue weighted by Crippen LogP contribution is 2.18. The Hall–Kier alpha value is -0.950. The molecule has 0 aromatic carbocycles. The highest BCUT2D eigenvalue weighted by atomic mass is 32.2. The van der Waals surface area contributed by atoms with Crippen molar-refractivity contribution < 1.29 is 8.42 Å². The van der Waals surface area contributed by atoms with Crippen LogP contribution in [-0.2, 0) is 10.0 Å². The first-order chi connectivity index (χ1) is 5.55. The molecule has 68 valence electrons. The second-order valence-electron chi connectivity index (χ2n) is 2.36. The quantitative estimate of drug-likeness (QED) is 0.673. The molecule has 0 aliphatic carbocycles. The van der Waals surface area contributed by atoms with E-state index in [1.54, 1.807) is 6.92 Å². The molecule has 1 rings (SSSR count). The predicted molar refractivity (Wildman–Crippen MR) is 42.5 cm³/mol. The third-order valence-electron chi connectivity index (χ3n) is 1.51. The van der Waals surface area contributed by atoms with E-state index in [1.807, 2.05) is 0 Å². The van der Waals surface area contributed by atoms with Gasteiger partial charge in [0.2, 0.25) is 10.0 Å². The van der Waals surface area contributed by atoms with Crippen molar-refractivity contribution in [3.63, 3.8) is 0 Å². The second-order valence-corrected chi connectivity index (χ2v) is 4.10. The van der Waals surface area contributed by atoms with Crippen LogP contribution in [0, 0.1) is 0 Å². The van der Waals surface area contributed by atoms with Crippen molar-refractivity contribution in [1.29, 1.82) is 0 Å². The molecule has 0 spiro atoms. The Balaban J connectivity index is 3.00. The number of aromatic amines is 1. The SMILES string of the molecule is CCC(c1ncn[nH]1)S(N)(=O)=O. The smallest absolute Gasteiger partial charge is 0.219 e. The molecule has 7 heteroatoms. The summed E-state index contributed by atoms with van der Waals surface area (Å²) in [7, 11) is -3.57. The topological polar surface area (TPSA) is 102 Å². The number of H-pyrrole nitrogens is 1. The normalized spacial score (nSPS) is 14.5. The molecule has 1 aromatic heterocycles. The van der Waals surface area contributed by atoms with E-state index in [4.69, 9.17) is 5.14 Å². The van der Waals surface area contributed by atoms with Gasteiger partial charge in [-0.3, -0.25) is 5.10 Å². The second kappa shape index (κ2) is 3.20. The number of sulfonamides is 1. The van der Waals surface area contributed by atoms with E-state index in [-0.39, 0.29) is 0 Å². The van der Waals surface area contributed by atoms with Gasteiger partial charge in [-0.25, -0.2) is 18.5 Å². The number of hydrogen-bond donors (Lipinski definition) is 2. The van der Waals surface area contributed by atoms with Gasteiger partial charge < -0.3 is 0 Å². The number of hydrogen-bond acceptors (Lipinski definition) is 4. The van der Waals surface area contributed by atoms with Gasteiger partial charge in [0.1, 0.15) is 17.4 Å².